The van der Waals surface area contributed by atoms with Gasteiger partial charge in [-0.2, -0.15) is 0 Å². The van der Waals surface area contributed by atoms with Crippen LogP contribution in [0.15, 0.2) is 82.5 Å². The van der Waals surface area contributed by atoms with E-state index in [1.807, 2.05) is 0 Å². The lowest BCUT2D eigenvalue weighted by molar-refractivity contribution is -0.135. The van der Waals surface area contributed by atoms with Gasteiger partial charge in [-0.3, -0.25) is 13.7 Å². The van der Waals surface area contributed by atoms with E-state index < -0.39 is 16.0 Å². The number of aromatic nitrogens is 2. The van der Waals surface area contributed by atoms with Crippen LogP contribution in [-0.4, -0.2) is 31.0 Å². The molecule has 0 amide bonds. The molecule has 1 aromatic heterocycles. The summed E-state index contributed by atoms with van der Waals surface area (Å²) in [4.78, 5) is 29.7. The lowest BCUT2D eigenvalue weighted by Crippen LogP contribution is -2.29. The number of sulfonamides is 1. The zero-order valence-corrected chi connectivity index (χ0v) is 19.9. The Morgan fingerprint density at radius 2 is 1.68 bits per heavy atom. The van der Waals surface area contributed by atoms with Gasteiger partial charge < -0.3 is 4.74 Å². The molecule has 0 radical (unpaired) electrons. The van der Waals surface area contributed by atoms with Crippen molar-refractivity contribution in [2.75, 3.05) is 11.4 Å². The summed E-state index contributed by atoms with van der Waals surface area (Å²) in [6, 6.07) is 18.8. The SMILES string of the molecule is Cc1nc2ccccc2c(=O)n1CC(=O)Oc1ccc(N(C)S(=O)(=O)c2ccc(Cl)cc2)cc1. The first-order valence-corrected chi connectivity index (χ1v) is 12.0. The van der Waals surface area contributed by atoms with Crippen LogP contribution in [-0.2, 0) is 21.4 Å². The van der Waals surface area contributed by atoms with Gasteiger partial charge in [0.05, 0.1) is 21.5 Å². The van der Waals surface area contributed by atoms with Crippen LogP contribution in [0.25, 0.3) is 10.9 Å². The van der Waals surface area contributed by atoms with E-state index in [-0.39, 0.29) is 22.7 Å². The minimum absolute atomic E-state index is 0.0970. The van der Waals surface area contributed by atoms with Gasteiger partial charge in [-0.1, -0.05) is 23.7 Å². The highest BCUT2D eigenvalue weighted by molar-refractivity contribution is 7.92. The molecule has 0 saturated carbocycles. The van der Waals surface area contributed by atoms with Gasteiger partial charge in [-0.05, 0) is 67.6 Å². The number of para-hydroxylation sites is 1. The summed E-state index contributed by atoms with van der Waals surface area (Å²) >= 11 is 5.84. The van der Waals surface area contributed by atoms with E-state index >= 15 is 0 Å². The van der Waals surface area contributed by atoms with Crippen LogP contribution < -0.4 is 14.6 Å². The number of esters is 1. The molecule has 0 saturated heterocycles. The number of benzene rings is 3. The molecule has 0 fully saturated rings. The Kier molecular flexibility index (Phi) is 6.41. The van der Waals surface area contributed by atoms with Gasteiger partial charge in [0.25, 0.3) is 15.6 Å². The number of rotatable bonds is 6. The van der Waals surface area contributed by atoms with E-state index in [1.165, 1.54) is 60.1 Å². The molecule has 3 aromatic carbocycles. The Hall–Kier alpha value is -3.69. The third kappa shape index (κ3) is 4.66. The van der Waals surface area contributed by atoms with Gasteiger partial charge in [0.15, 0.2) is 0 Å². The lowest BCUT2D eigenvalue weighted by Gasteiger charge is -2.20. The molecule has 4 aromatic rings. The van der Waals surface area contributed by atoms with Gasteiger partial charge in [-0.15, -0.1) is 0 Å². The second kappa shape index (κ2) is 9.28. The summed E-state index contributed by atoms with van der Waals surface area (Å²) in [6.07, 6.45) is 0. The van der Waals surface area contributed by atoms with Crippen LogP contribution in [0.3, 0.4) is 0 Å². The second-order valence-electron chi connectivity index (χ2n) is 7.46. The van der Waals surface area contributed by atoms with E-state index in [0.717, 1.165) is 4.31 Å². The molecule has 0 bridgehead atoms. The van der Waals surface area contributed by atoms with E-state index in [9.17, 15) is 18.0 Å². The van der Waals surface area contributed by atoms with Crippen molar-refractivity contribution in [1.82, 2.24) is 9.55 Å². The summed E-state index contributed by atoms with van der Waals surface area (Å²) in [5.74, 6) is -0.0484. The Morgan fingerprint density at radius 1 is 1.03 bits per heavy atom. The Balaban J connectivity index is 1.49. The fraction of sp³-hybridized carbons (Fsp3) is 0.125. The summed E-state index contributed by atoms with van der Waals surface area (Å²) in [5, 5.41) is 0.847. The number of aryl methyl sites for hydroxylation is 1. The predicted octanol–water partition coefficient (Wildman–Crippen LogP) is 3.79. The number of ether oxygens (including phenoxy) is 1. The first-order valence-electron chi connectivity index (χ1n) is 10.2. The zero-order chi connectivity index (χ0) is 24.5. The maximum Gasteiger partial charge on any atom is 0.331 e. The number of fused-ring (bicyclic) bond motifs is 1. The molecule has 4 rings (SSSR count). The predicted molar refractivity (Wildman–Crippen MR) is 130 cm³/mol. The van der Waals surface area contributed by atoms with Crippen molar-refractivity contribution >= 4 is 44.2 Å². The van der Waals surface area contributed by atoms with Gasteiger partial charge in [0, 0.05) is 12.1 Å². The number of hydrogen-bond acceptors (Lipinski definition) is 6. The van der Waals surface area contributed by atoms with Crippen LogP contribution in [0.4, 0.5) is 5.69 Å². The molecule has 34 heavy (non-hydrogen) atoms. The molecule has 0 aliphatic rings. The number of halogens is 1. The molecular weight excluding hydrogens is 478 g/mol. The highest BCUT2D eigenvalue weighted by Gasteiger charge is 2.21. The molecule has 0 unspecified atom stereocenters. The van der Waals surface area contributed by atoms with Crippen LogP contribution >= 0.6 is 11.6 Å². The van der Waals surface area contributed by atoms with Crippen molar-refractivity contribution in [3.05, 3.63) is 94.0 Å². The monoisotopic (exact) mass is 497 g/mol. The molecule has 0 spiro atoms. The number of carbonyl (C=O) groups excluding carboxylic acids is 1. The van der Waals surface area contributed by atoms with Crippen LogP contribution in [0.1, 0.15) is 5.82 Å². The minimum atomic E-state index is -3.79. The third-order valence-electron chi connectivity index (χ3n) is 5.24. The van der Waals surface area contributed by atoms with Crippen LogP contribution in [0.2, 0.25) is 5.02 Å². The number of nitrogens with zero attached hydrogens (tertiary/aromatic N) is 3. The number of carbonyl (C=O) groups is 1. The lowest BCUT2D eigenvalue weighted by atomic mass is 10.2. The van der Waals surface area contributed by atoms with E-state index in [2.05, 4.69) is 4.98 Å². The second-order valence-corrected chi connectivity index (χ2v) is 9.87. The molecule has 0 atom stereocenters. The van der Waals surface area contributed by atoms with Gasteiger partial charge >= 0.3 is 5.97 Å². The molecule has 174 valence electrons. The number of hydrogen-bond donors (Lipinski definition) is 0. The highest BCUT2D eigenvalue weighted by Crippen LogP contribution is 2.25. The molecule has 0 aliphatic heterocycles. The smallest absolute Gasteiger partial charge is 0.331 e. The molecule has 0 N–H and O–H groups in total. The minimum Gasteiger partial charge on any atom is -0.425 e. The van der Waals surface area contributed by atoms with Crippen LogP contribution in [0.5, 0.6) is 5.75 Å². The standard InChI is InChI=1S/C24H20ClN3O5S/c1-16-26-22-6-4-3-5-21(22)24(30)28(16)15-23(29)33-19-11-9-18(10-12-19)27(2)34(31,32)20-13-7-17(25)8-14-20/h3-14H,15H2,1-2H3. The third-order valence-corrected chi connectivity index (χ3v) is 7.30. The quantitative estimate of drug-likeness (QED) is 0.297. The Labute approximate surface area is 201 Å². The maximum atomic E-state index is 12.8. The van der Waals surface area contributed by atoms with E-state index in [4.69, 9.17) is 16.3 Å². The van der Waals surface area contributed by atoms with Gasteiger partial charge in [-0.25, -0.2) is 18.2 Å². The van der Waals surface area contributed by atoms with Crippen molar-refractivity contribution in [1.29, 1.82) is 0 Å². The van der Waals surface area contributed by atoms with E-state index in [0.29, 0.717) is 27.4 Å². The fourth-order valence-electron chi connectivity index (χ4n) is 3.39. The first-order chi connectivity index (χ1) is 16.2. The zero-order valence-electron chi connectivity index (χ0n) is 18.3. The molecule has 10 heteroatoms. The summed E-state index contributed by atoms with van der Waals surface area (Å²) in [7, 11) is -2.37. The van der Waals surface area contributed by atoms with Crippen molar-refractivity contribution in [2.24, 2.45) is 0 Å². The summed E-state index contributed by atoms with van der Waals surface area (Å²) < 4.78 is 33.4. The first kappa shape index (κ1) is 23.5. The average molecular weight is 498 g/mol. The maximum absolute atomic E-state index is 12.8. The van der Waals surface area contributed by atoms with Crippen molar-refractivity contribution in [3.8, 4) is 5.75 Å². The molecular formula is C24H20ClN3O5S. The summed E-state index contributed by atoms with van der Waals surface area (Å²) in [6.45, 7) is 1.34. The van der Waals surface area contributed by atoms with Crippen molar-refractivity contribution in [3.63, 3.8) is 0 Å². The Bertz CT molecular complexity index is 1530. The fourth-order valence-corrected chi connectivity index (χ4v) is 4.71. The number of anilines is 1. The van der Waals surface area contributed by atoms with Gasteiger partial charge in [0.1, 0.15) is 18.1 Å². The molecule has 1 heterocycles. The van der Waals surface area contributed by atoms with Crippen molar-refractivity contribution < 1.29 is 17.9 Å². The van der Waals surface area contributed by atoms with Crippen LogP contribution in [0, 0.1) is 6.92 Å². The largest absolute Gasteiger partial charge is 0.425 e. The average Bonchev–Trinajstić information content (AvgIpc) is 2.82. The molecule has 0 aliphatic carbocycles. The normalized spacial score (nSPS) is 11.4. The van der Waals surface area contributed by atoms with E-state index in [1.54, 1.807) is 31.2 Å². The topological polar surface area (TPSA) is 98.6 Å². The van der Waals surface area contributed by atoms with Crippen molar-refractivity contribution in [2.45, 2.75) is 18.4 Å². The van der Waals surface area contributed by atoms with Gasteiger partial charge in [0.2, 0.25) is 0 Å². The Morgan fingerprint density at radius 3 is 2.35 bits per heavy atom. The highest BCUT2D eigenvalue weighted by atomic mass is 35.5. The summed E-state index contributed by atoms with van der Waals surface area (Å²) in [5.41, 5.74) is 0.604. The molecule has 8 nitrogen and oxygen atoms in total.